The van der Waals surface area contributed by atoms with Crippen molar-refractivity contribution in [3.8, 4) is 0 Å². The van der Waals surface area contributed by atoms with E-state index in [1.54, 1.807) is 0 Å². The first-order chi connectivity index (χ1) is 10.0. The highest BCUT2D eigenvalue weighted by Crippen LogP contribution is 2.01. The van der Waals surface area contributed by atoms with Gasteiger partial charge in [0.25, 0.3) is 0 Å². The summed E-state index contributed by atoms with van der Waals surface area (Å²) in [5, 5.41) is 14.7. The second-order valence-electron chi connectivity index (χ2n) is 3.87. The first-order valence-corrected chi connectivity index (χ1v) is 5.98. The lowest BCUT2D eigenvalue weighted by molar-refractivity contribution is -0.139. The fourth-order valence-electron chi connectivity index (χ4n) is 1.27. The number of nitrogens with one attached hydrogen (secondary N) is 2. The zero-order valence-corrected chi connectivity index (χ0v) is 11.3. The maximum Gasteiger partial charge on any atom is 0.335 e. The average Bonchev–Trinajstić information content (AvgIpc) is 2.47. The Morgan fingerprint density at radius 2 is 1.90 bits per heavy atom. The van der Waals surface area contributed by atoms with Gasteiger partial charge in [0.15, 0.2) is 0 Å². The third-order valence-electron chi connectivity index (χ3n) is 2.34. The molecule has 0 aromatic heterocycles. The molecule has 1 rings (SSSR count). The van der Waals surface area contributed by atoms with Crippen molar-refractivity contribution in [2.75, 3.05) is 20.3 Å². The minimum Gasteiger partial charge on any atom is -0.478 e. The largest absolute Gasteiger partial charge is 0.478 e. The van der Waals surface area contributed by atoms with Crippen LogP contribution in [0.4, 0.5) is 0 Å². The first-order valence-electron chi connectivity index (χ1n) is 5.98. The number of carboxylic acid groups (broad SMARTS) is 1. The van der Waals surface area contributed by atoms with E-state index in [4.69, 9.17) is 9.84 Å². The highest BCUT2D eigenvalue weighted by atomic mass is 16.5. The van der Waals surface area contributed by atoms with E-state index in [2.05, 4.69) is 15.8 Å². The van der Waals surface area contributed by atoms with Gasteiger partial charge in [-0.25, -0.2) is 10.2 Å². The van der Waals surface area contributed by atoms with Crippen LogP contribution in [0.5, 0.6) is 0 Å². The van der Waals surface area contributed by atoms with Gasteiger partial charge < -0.3 is 15.2 Å². The summed E-state index contributed by atoms with van der Waals surface area (Å²) in [6, 6.07) is 5.86. The molecule has 0 aliphatic rings. The summed E-state index contributed by atoms with van der Waals surface area (Å²) in [5.41, 5.74) is 2.79. The molecular formula is C13H15N3O5. The minimum absolute atomic E-state index is 0.147. The molecule has 0 bridgehead atoms. The molecule has 0 aliphatic carbocycles. The third kappa shape index (κ3) is 5.83. The zero-order chi connectivity index (χ0) is 15.7. The summed E-state index contributed by atoms with van der Waals surface area (Å²) in [6.07, 6.45) is 1.30. The molecule has 0 fully saturated rings. The number of methoxy groups -OCH3 is 1. The summed E-state index contributed by atoms with van der Waals surface area (Å²) >= 11 is 0. The Morgan fingerprint density at radius 1 is 1.24 bits per heavy atom. The molecule has 21 heavy (non-hydrogen) atoms. The number of carboxylic acids is 1. The maximum atomic E-state index is 11.3. The van der Waals surface area contributed by atoms with Gasteiger partial charge in [-0.3, -0.25) is 9.59 Å². The zero-order valence-electron chi connectivity index (χ0n) is 11.3. The van der Waals surface area contributed by atoms with Crippen LogP contribution in [-0.2, 0) is 14.3 Å². The average molecular weight is 293 g/mol. The standard InChI is InChI=1S/C13H15N3O5/c1-21-7-6-14-11(17)12(18)16-15-8-9-2-4-10(5-3-9)13(19)20/h2-5,8H,6-7H2,1H3,(H,14,17)(H,16,18)(H,19,20)/b15-8+. The summed E-state index contributed by atoms with van der Waals surface area (Å²) in [6.45, 7) is 0.529. The molecule has 0 saturated heterocycles. The Kier molecular flexibility index (Phi) is 6.55. The summed E-state index contributed by atoms with van der Waals surface area (Å²) < 4.78 is 4.72. The predicted octanol–water partition coefficient (Wildman–Crippen LogP) is -0.402. The van der Waals surface area contributed by atoms with Crippen LogP contribution in [0.1, 0.15) is 15.9 Å². The van der Waals surface area contributed by atoms with Crippen molar-refractivity contribution in [3.05, 3.63) is 35.4 Å². The van der Waals surface area contributed by atoms with Crippen LogP contribution in [0.3, 0.4) is 0 Å². The smallest absolute Gasteiger partial charge is 0.335 e. The van der Waals surface area contributed by atoms with Crippen molar-refractivity contribution in [1.82, 2.24) is 10.7 Å². The molecule has 3 N–H and O–H groups in total. The van der Waals surface area contributed by atoms with E-state index in [0.717, 1.165) is 0 Å². The van der Waals surface area contributed by atoms with Gasteiger partial charge in [-0.2, -0.15) is 5.10 Å². The van der Waals surface area contributed by atoms with E-state index in [-0.39, 0.29) is 12.1 Å². The van der Waals surface area contributed by atoms with Gasteiger partial charge in [0.1, 0.15) is 0 Å². The lowest BCUT2D eigenvalue weighted by atomic mass is 10.1. The number of ether oxygens (including phenoxy) is 1. The van der Waals surface area contributed by atoms with Crippen molar-refractivity contribution in [3.63, 3.8) is 0 Å². The number of hydrogen-bond donors (Lipinski definition) is 3. The van der Waals surface area contributed by atoms with E-state index < -0.39 is 17.8 Å². The van der Waals surface area contributed by atoms with E-state index >= 15 is 0 Å². The Morgan fingerprint density at radius 3 is 2.48 bits per heavy atom. The van der Waals surface area contributed by atoms with Crippen molar-refractivity contribution in [1.29, 1.82) is 0 Å². The van der Waals surface area contributed by atoms with Gasteiger partial charge >= 0.3 is 17.8 Å². The predicted molar refractivity (Wildman–Crippen MR) is 74.0 cm³/mol. The lowest BCUT2D eigenvalue weighted by Gasteiger charge is -2.02. The molecule has 0 radical (unpaired) electrons. The van der Waals surface area contributed by atoms with Crippen LogP contribution in [-0.4, -0.2) is 49.4 Å². The van der Waals surface area contributed by atoms with Crippen molar-refractivity contribution in [2.45, 2.75) is 0 Å². The molecule has 8 nitrogen and oxygen atoms in total. The number of nitrogens with zero attached hydrogens (tertiary/aromatic N) is 1. The fraction of sp³-hybridized carbons (Fsp3) is 0.231. The number of carbonyl (C=O) groups excluding carboxylic acids is 2. The van der Waals surface area contributed by atoms with E-state index in [9.17, 15) is 14.4 Å². The molecule has 8 heteroatoms. The molecule has 0 heterocycles. The normalized spacial score (nSPS) is 10.3. The Labute approximate surface area is 120 Å². The number of amides is 2. The van der Waals surface area contributed by atoms with Gasteiger partial charge in [-0.15, -0.1) is 0 Å². The molecule has 0 unspecified atom stereocenters. The number of carbonyl (C=O) groups is 3. The van der Waals surface area contributed by atoms with Crippen molar-refractivity contribution < 1.29 is 24.2 Å². The number of rotatable bonds is 6. The fourth-order valence-corrected chi connectivity index (χ4v) is 1.27. The van der Waals surface area contributed by atoms with Crippen LogP contribution < -0.4 is 10.7 Å². The SMILES string of the molecule is COCCNC(=O)C(=O)N/N=C/c1ccc(C(=O)O)cc1. The number of aromatic carboxylic acids is 1. The molecule has 0 atom stereocenters. The summed E-state index contributed by atoms with van der Waals surface area (Å²) in [7, 11) is 1.48. The molecule has 112 valence electrons. The second-order valence-corrected chi connectivity index (χ2v) is 3.87. The van der Waals surface area contributed by atoms with Gasteiger partial charge in [0, 0.05) is 13.7 Å². The third-order valence-corrected chi connectivity index (χ3v) is 2.34. The Bertz CT molecular complexity index is 539. The number of hydrazone groups is 1. The van der Waals surface area contributed by atoms with Crippen LogP contribution in [0.15, 0.2) is 29.4 Å². The summed E-state index contributed by atoms with van der Waals surface area (Å²) in [4.78, 5) is 33.2. The monoisotopic (exact) mass is 293 g/mol. The molecule has 1 aromatic carbocycles. The van der Waals surface area contributed by atoms with Crippen LogP contribution in [0, 0.1) is 0 Å². The Hall–Kier alpha value is -2.74. The molecule has 2 amide bonds. The van der Waals surface area contributed by atoms with Crippen molar-refractivity contribution >= 4 is 24.0 Å². The van der Waals surface area contributed by atoms with Crippen LogP contribution >= 0.6 is 0 Å². The quantitative estimate of drug-likeness (QED) is 0.285. The highest BCUT2D eigenvalue weighted by molar-refractivity contribution is 6.35. The lowest BCUT2D eigenvalue weighted by Crippen LogP contribution is -2.39. The van der Waals surface area contributed by atoms with Gasteiger partial charge in [0.2, 0.25) is 0 Å². The van der Waals surface area contributed by atoms with E-state index in [1.165, 1.54) is 37.6 Å². The van der Waals surface area contributed by atoms with Crippen LogP contribution in [0.2, 0.25) is 0 Å². The topological polar surface area (TPSA) is 117 Å². The molecule has 1 aromatic rings. The Balaban J connectivity index is 2.44. The first kappa shape index (κ1) is 16.3. The molecule has 0 aliphatic heterocycles. The van der Waals surface area contributed by atoms with E-state index in [1.807, 2.05) is 0 Å². The molecular weight excluding hydrogens is 278 g/mol. The second kappa shape index (κ2) is 8.43. The molecule has 0 spiro atoms. The van der Waals surface area contributed by atoms with Gasteiger partial charge in [-0.1, -0.05) is 12.1 Å². The summed E-state index contributed by atoms with van der Waals surface area (Å²) in [5.74, 6) is -2.74. The number of hydrogen-bond acceptors (Lipinski definition) is 5. The van der Waals surface area contributed by atoms with Crippen molar-refractivity contribution in [2.24, 2.45) is 5.10 Å². The molecule has 0 saturated carbocycles. The van der Waals surface area contributed by atoms with E-state index in [0.29, 0.717) is 12.2 Å². The van der Waals surface area contributed by atoms with Gasteiger partial charge in [-0.05, 0) is 17.7 Å². The number of benzene rings is 1. The van der Waals surface area contributed by atoms with Gasteiger partial charge in [0.05, 0.1) is 18.4 Å². The highest BCUT2D eigenvalue weighted by Gasteiger charge is 2.11. The van der Waals surface area contributed by atoms with Crippen LogP contribution in [0.25, 0.3) is 0 Å². The minimum atomic E-state index is -1.03. The maximum absolute atomic E-state index is 11.3.